The number of fused-ring (bicyclic) bond motifs is 10. The van der Waals surface area contributed by atoms with Crippen LogP contribution in [0.5, 0.6) is 0 Å². The first-order valence-electron chi connectivity index (χ1n) is 19.1. The highest BCUT2D eigenvalue weighted by Crippen LogP contribution is 2.43. The summed E-state index contributed by atoms with van der Waals surface area (Å²) < 4.78 is 7.09. The number of rotatable bonds is 5. The van der Waals surface area contributed by atoms with E-state index in [-0.39, 0.29) is 0 Å². The monoisotopic (exact) mass is 745 g/mol. The molecule has 12 rings (SSSR count). The molecule has 0 saturated heterocycles. The van der Waals surface area contributed by atoms with Gasteiger partial charge in [0.2, 0.25) is 5.95 Å². The molecule has 266 valence electrons. The number of benzene rings is 8. The van der Waals surface area contributed by atoms with E-state index in [9.17, 15) is 0 Å². The van der Waals surface area contributed by atoms with E-state index in [0.29, 0.717) is 17.6 Å². The second-order valence-electron chi connectivity index (χ2n) is 14.4. The largest absolute Gasteiger partial charge is 0.307 e. The van der Waals surface area contributed by atoms with E-state index >= 15 is 0 Å². The quantitative estimate of drug-likeness (QED) is 0.176. The highest BCUT2D eigenvalue weighted by Gasteiger charge is 2.24. The van der Waals surface area contributed by atoms with Gasteiger partial charge in [-0.15, -0.1) is 11.3 Å². The SMILES string of the molecule is c1ccc(-c2ccc3c(c2)sc2cccc(-c4nc(-c5ccccc5)nc(-n5c6ccccc6c6ccc7c8ccccc8n(-c8ccccc8)c7c65)n4)c23)cc1. The van der Waals surface area contributed by atoms with E-state index in [1.165, 1.54) is 36.7 Å². The van der Waals surface area contributed by atoms with E-state index < -0.39 is 0 Å². The van der Waals surface area contributed by atoms with Crippen molar-refractivity contribution in [2.24, 2.45) is 0 Å². The van der Waals surface area contributed by atoms with Gasteiger partial charge < -0.3 is 4.57 Å². The van der Waals surface area contributed by atoms with Crippen molar-refractivity contribution in [3.8, 4) is 45.5 Å². The highest BCUT2D eigenvalue weighted by molar-refractivity contribution is 7.26. The zero-order valence-electron chi connectivity index (χ0n) is 30.5. The van der Waals surface area contributed by atoms with Gasteiger partial charge in [-0.3, -0.25) is 4.57 Å². The zero-order chi connectivity index (χ0) is 37.5. The van der Waals surface area contributed by atoms with Crippen LogP contribution in [-0.2, 0) is 0 Å². The highest BCUT2D eigenvalue weighted by atomic mass is 32.1. The topological polar surface area (TPSA) is 48.5 Å². The Balaban J connectivity index is 1.19. The lowest BCUT2D eigenvalue weighted by atomic mass is 10.0. The van der Waals surface area contributed by atoms with Crippen LogP contribution >= 0.6 is 11.3 Å². The van der Waals surface area contributed by atoms with Gasteiger partial charge in [0.1, 0.15) is 0 Å². The molecule has 0 N–H and O–H groups in total. The van der Waals surface area contributed by atoms with Gasteiger partial charge >= 0.3 is 0 Å². The molecule has 4 heterocycles. The number of hydrogen-bond acceptors (Lipinski definition) is 4. The first-order valence-corrected chi connectivity index (χ1v) is 19.9. The minimum atomic E-state index is 0.574. The van der Waals surface area contributed by atoms with E-state index in [1.54, 1.807) is 0 Å². The van der Waals surface area contributed by atoms with Crippen molar-refractivity contribution >= 4 is 75.1 Å². The van der Waals surface area contributed by atoms with Crippen molar-refractivity contribution in [2.75, 3.05) is 0 Å². The molecule has 6 heteroatoms. The number of nitrogens with zero attached hydrogens (tertiary/aromatic N) is 5. The maximum atomic E-state index is 5.47. The summed E-state index contributed by atoms with van der Waals surface area (Å²) in [5.41, 5.74) is 9.77. The van der Waals surface area contributed by atoms with Gasteiger partial charge in [-0.2, -0.15) is 9.97 Å². The molecule has 8 aromatic carbocycles. The first-order chi connectivity index (χ1) is 28.3. The molecule has 0 amide bonds. The molecule has 0 spiro atoms. The molecular weight excluding hydrogens is 715 g/mol. The molecular formula is C51H31N5S. The lowest BCUT2D eigenvalue weighted by Gasteiger charge is -2.13. The van der Waals surface area contributed by atoms with Crippen molar-refractivity contribution in [1.82, 2.24) is 24.1 Å². The summed E-state index contributed by atoms with van der Waals surface area (Å²) >= 11 is 1.81. The average molecular weight is 746 g/mol. The van der Waals surface area contributed by atoms with E-state index in [0.717, 1.165) is 55.0 Å². The van der Waals surface area contributed by atoms with Crippen molar-refractivity contribution in [3.63, 3.8) is 0 Å². The molecule has 4 aromatic heterocycles. The Labute approximate surface area is 331 Å². The van der Waals surface area contributed by atoms with Crippen LogP contribution in [-0.4, -0.2) is 24.1 Å². The lowest BCUT2D eigenvalue weighted by molar-refractivity contribution is 0.954. The Morgan fingerprint density at radius 2 is 0.947 bits per heavy atom. The summed E-state index contributed by atoms with van der Waals surface area (Å²) in [7, 11) is 0. The van der Waals surface area contributed by atoms with Crippen LogP contribution in [0.3, 0.4) is 0 Å². The molecule has 0 aliphatic rings. The van der Waals surface area contributed by atoms with E-state index in [2.05, 4.69) is 179 Å². The second-order valence-corrected chi connectivity index (χ2v) is 15.5. The molecule has 0 bridgehead atoms. The van der Waals surface area contributed by atoms with Gasteiger partial charge in [-0.25, -0.2) is 4.98 Å². The third kappa shape index (κ3) is 4.91. The third-order valence-corrected chi connectivity index (χ3v) is 12.3. The fraction of sp³-hybridized carbons (Fsp3) is 0. The molecule has 0 aliphatic heterocycles. The minimum Gasteiger partial charge on any atom is -0.307 e. The molecule has 0 aliphatic carbocycles. The summed E-state index contributed by atoms with van der Waals surface area (Å²) in [6.45, 7) is 0. The van der Waals surface area contributed by atoms with Crippen LogP contribution in [0.2, 0.25) is 0 Å². The van der Waals surface area contributed by atoms with Gasteiger partial charge in [0, 0.05) is 58.5 Å². The summed E-state index contributed by atoms with van der Waals surface area (Å²) in [6, 6.07) is 66.6. The zero-order valence-corrected chi connectivity index (χ0v) is 31.4. The summed E-state index contributed by atoms with van der Waals surface area (Å²) in [5.74, 6) is 1.84. The Hall–Kier alpha value is -7.41. The summed E-state index contributed by atoms with van der Waals surface area (Å²) in [5, 5.41) is 7.00. The molecule has 0 radical (unpaired) electrons. The van der Waals surface area contributed by atoms with Crippen LogP contribution < -0.4 is 0 Å². The van der Waals surface area contributed by atoms with Gasteiger partial charge in [0.25, 0.3) is 0 Å². The van der Waals surface area contributed by atoms with Gasteiger partial charge in [0.05, 0.1) is 22.1 Å². The second kappa shape index (κ2) is 12.6. The first kappa shape index (κ1) is 31.9. The van der Waals surface area contributed by atoms with Crippen molar-refractivity contribution in [2.45, 2.75) is 0 Å². The van der Waals surface area contributed by atoms with Gasteiger partial charge in [0.15, 0.2) is 11.6 Å². The minimum absolute atomic E-state index is 0.574. The van der Waals surface area contributed by atoms with E-state index in [4.69, 9.17) is 15.0 Å². The van der Waals surface area contributed by atoms with Crippen LogP contribution in [0, 0.1) is 0 Å². The number of aromatic nitrogens is 5. The maximum Gasteiger partial charge on any atom is 0.238 e. The van der Waals surface area contributed by atoms with Crippen molar-refractivity contribution in [3.05, 3.63) is 188 Å². The molecule has 12 aromatic rings. The van der Waals surface area contributed by atoms with Crippen molar-refractivity contribution < 1.29 is 0 Å². The van der Waals surface area contributed by atoms with Crippen LogP contribution in [0.15, 0.2) is 188 Å². The Bertz CT molecular complexity index is 3510. The van der Waals surface area contributed by atoms with Crippen molar-refractivity contribution in [1.29, 1.82) is 0 Å². The normalized spacial score (nSPS) is 11.9. The molecule has 57 heavy (non-hydrogen) atoms. The Morgan fingerprint density at radius 3 is 1.67 bits per heavy atom. The third-order valence-electron chi connectivity index (χ3n) is 11.2. The summed E-state index contributed by atoms with van der Waals surface area (Å²) in [6.07, 6.45) is 0. The van der Waals surface area contributed by atoms with E-state index in [1.807, 2.05) is 29.5 Å². The Morgan fingerprint density at radius 1 is 0.368 bits per heavy atom. The fourth-order valence-electron chi connectivity index (χ4n) is 8.68. The average Bonchev–Trinajstić information content (AvgIpc) is 3.95. The lowest BCUT2D eigenvalue weighted by Crippen LogP contribution is -2.07. The number of para-hydroxylation sites is 3. The molecule has 5 nitrogen and oxygen atoms in total. The molecule has 0 unspecified atom stereocenters. The maximum absolute atomic E-state index is 5.47. The fourth-order valence-corrected chi connectivity index (χ4v) is 9.85. The molecule has 0 atom stereocenters. The predicted molar refractivity (Wildman–Crippen MR) is 238 cm³/mol. The van der Waals surface area contributed by atoms with Crippen LogP contribution in [0.1, 0.15) is 0 Å². The molecule has 0 saturated carbocycles. The molecule has 0 fully saturated rings. The van der Waals surface area contributed by atoms with Gasteiger partial charge in [-0.1, -0.05) is 152 Å². The van der Waals surface area contributed by atoms with Crippen LogP contribution in [0.25, 0.3) is 109 Å². The number of hydrogen-bond donors (Lipinski definition) is 0. The number of thiophene rings is 1. The van der Waals surface area contributed by atoms with Crippen LogP contribution in [0.4, 0.5) is 0 Å². The predicted octanol–water partition coefficient (Wildman–Crippen LogP) is 13.4. The Kier molecular flexibility index (Phi) is 7.03. The summed E-state index contributed by atoms with van der Waals surface area (Å²) in [4.78, 5) is 16.1. The smallest absolute Gasteiger partial charge is 0.238 e. The standard InChI is InChI=1S/C51H31N5S/c1-4-15-32(16-5-1)34-27-28-40-45(31-34)57-44-26-14-23-41(46(40)44)50-52-49(33-17-6-2-7-18-33)53-51(54-50)56-43-25-13-11-22-37(43)39-30-29-38-36-21-10-12-24-42(36)55(47(38)48(39)56)35-19-8-3-9-20-35/h1-31H. The van der Waals surface area contributed by atoms with Gasteiger partial charge in [-0.05, 0) is 47.5 Å².